The number of fused-ring (bicyclic) bond motifs is 1. The Morgan fingerprint density at radius 3 is 2.53 bits per heavy atom. The van der Waals surface area contributed by atoms with E-state index in [-0.39, 0.29) is 24.0 Å². The van der Waals surface area contributed by atoms with Crippen molar-refractivity contribution in [1.82, 2.24) is 4.72 Å². The van der Waals surface area contributed by atoms with Gasteiger partial charge in [0.15, 0.2) is 0 Å². The molecular formula is C28H33N3O3S2. The molecule has 3 aliphatic carbocycles. The number of nitrogens with one attached hydrogen (secondary N) is 1. The first-order valence-electron chi connectivity index (χ1n) is 13.0. The molecule has 0 amide bonds. The maximum atomic E-state index is 13.5. The number of aryl methyl sites for hydroxylation is 2. The van der Waals surface area contributed by atoms with Gasteiger partial charge in [-0.1, -0.05) is 29.8 Å². The molecule has 1 N–H and O–H groups in total. The molecule has 1 aromatic heterocycles. The Morgan fingerprint density at radius 2 is 1.86 bits per heavy atom. The van der Waals surface area contributed by atoms with Gasteiger partial charge in [0.05, 0.1) is 4.90 Å². The highest BCUT2D eigenvalue weighted by Crippen LogP contribution is 2.42. The van der Waals surface area contributed by atoms with Gasteiger partial charge in [-0.25, -0.2) is 13.1 Å². The summed E-state index contributed by atoms with van der Waals surface area (Å²) >= 11 is 1.52. The Kier molecular flexibility index (Phi) is 7.43. The molecule has 0 spiro atoms. The van der Waals surface area contributed by atoms with E-state index in [0.29, 0.717) is 41.5 Å². The molecule has 5 rings (SSSR count). The molecule has 1 aromatic carbocycles. The largest absolute Gasteiger partial charge is 0.299 e. The zero-order chi connectivity index (χ0) is 25.3. The van der Waals surface area contributed by atoms with Gasteiger partial charge in [-0.15, -0.1) is 11.3 Å². The molecule has 1 unspecified atom stereocenters. The van der Waals surface area contributed by atoms with Gasteiger partial charge in [-0.05, 0) is 81.3 Å². The Hall–Kier alpha value is -2.34. The maximum Gasteiger partial charge on any atom is 0.241 e. The number of aliphatic imine (C=N–C) groups is 1. The summed E-state index contributed by atoms with van der Waals surface area (Å²) in [6, 6.07) is 8.26. The molecular weight excluding hydrogens is 490 g/mol. The number of sulfonamides is 1. The molecule has 190 valence electrons. The number of benzene rings is 1. The minimum Gasteiger partial charge on any atom is -0.299 e. The second-order valence-corrected chi connectivity index (χ2v) is 13.6. The fourth-order valence-electron chi connectivity index (χ4n) is 5.12. The molecule has 0 aliphatic heterocycles. The Balaban J connectivity index is 1.38. The van der Waals surface area contributed by atoms with E-state index in [2.05, 4.69) is 34.0 Å². The van der Waals surface area contributed by atoms with E-state index in [0.717, 1.165) is 60.2 Å². The second-order valence-electron chi connectivity index (χ2n) is 10.7. The predicted octanol–water partition coefficient (Wildman–Crippen LogP) is 4.93. The smallest absolute Gasteiger partial charge is 0.241 e. The molecule has 2 fully saturated rings. The number of hydrogen-bond donors (Lipinski definition) is 1. The Bertz CT molecular complexity index is 1310. The van der Waals surface area contributed by atoms with E-state index in [4.69, 9.17) is 0 Å². The fourth-order valence-corrected chi connectivity index (χ4v) is 8.40. The van der Waals surface area contributed by atoms with Crippen molar-refractivity contribution >= 4 is 32.9 Å². The highest BCUT2D eigenvalue weighted by molar-refractivity contribution is 7.89. The van der Waals surface area contributed by atoms with Crippen molar-refractivity contribution in [2.45, 2.75) is 76.0 Å². The number of hydrogen-bond acceptors (Lipinski definition) is 6. The van der Waals surface area contributed by atoms with Gasteiger partial charge < -0.3 is 0 Å². The first-order valence-corrected chi connectivity index (χ1v) is 15.3. The van der Waals surface area contributed by atoms with Gasteiger partial charge >= 0.3 is 0 Å². The number of rotatable bonds is 11. The lowest BCUT2D eigenvalue weighted by molar-refractivity contribution is -0.119. The molecule has 1 atom stereocenters. The lowest BCUT2D eigenvalue weighted by atomic mass is 9.84. The van der Waals surface area contributed by atoms with E-state index >= 15 is 0 Å². The van der Waals surface area contributed by atoms with Crippen LogP contribution >= 0.6 is 11.3 Å². The molecule has 0 bridgehead atoms. The SMILES string of the molecule is Cc1ccc(CC(CC2CCc3sc(CC(=O)C4CC4)c(S(=O)(=O)NCC4CC4)c3C2)=NC#N)cc1. The van der Waals surface area contributed by atoms with Crippen LogP contribution in [-0.2, 0) is 40.5 Å². The van der Waals surface area contributed by atoms with Crippen LogP contribution in [0.15, 0.2) is 34.2 Å². The minimum absolute atomic E-state index is 0.110. The van der Waals surface area contributed by atoms with Crippen molar-refractivity contribution in [2.24, 2.45) is 22.7 Å². The van der Waals surface area contributed by atoms with Crippen LogP contribution in [0.1, 0.15) is 65.0 Å². The number of carbonyl (C=O) groups excluding carboxylic acids is 1. The van der Waals surface area contributed by atoms with Crippen molar-refractivity contribution in [3.05, 3.63) is 50.7 Å². The van der Waals surface area contributed by atoms with E-state index in [1.54, 1.807) is 0 Å². The number of carbonyl (C=O) groups is 1. The minimum atomic E-state index is -3.68. The molecule has 0 saturated heterocycles. The third-order valence-corrected chi connectivity index (χ3v) is 10.5. The molecule has 2 aromatic rings. The van der Waals surface area contributed by atoms with Crippen LogP contribution in [0, 0.1) is 36.1 Å². The lowest BCUT2D eigenvalue weighted by Crippen LogP contribution is -2.28. The Labute approximate surface area is 217 Å². The number of thiophene rings is 1. The Morgan fingerprint density at radius 1 is 1.11 bits per heavy atom. The van der Waals surface area contributed by atoms with Gasteiger partial charge in [-0.2, -0.15) is 10.3 Å². The number of ketones is 1. The first kappa shape index (κ1) is 25.3. The van der Waals surface area contributed by atoms with Gasteiger partial charge in [0.2, 0.25) is 16.2 Å². The third kappa shape index (κ3) is 6.13. The van der Waals surface area contributed by atoms with Crippen LogP contribution in [0.2, 0.25) is 0 Å². The molecule has 0 radical (unpaired) electrons. The molecule has 1 heterocycles. The van der Waals surface area contributed by atoms with Crippen molar-refractivity contribution in [1.29, 1.82) is 5.26 Å². The van der Waals surface area contributed by atoms with Crippen molar-refractivity contribution in [2.75, 3.05) is 6.54 Å². The van der Waals surface area contributed by atoms with Gasteiger partial charge in [0.1, 0.15) is 5.78 Å². The zero-order valence-corrected chi connectivity index (χ0v) is 22.4. The van der Waals surface area contributed by atoms with E-state index in [9.17, 15) is 18.5 Å². The van der Waals surface area contributed by atoms with Gasteiger partial charge in [0, 0.05) is 40.8 Å². The van der Waals surface area contributed by atoms with Crippen LogP contribution in [-0.4, -0.2) is 26.5 Å². The summed E-state index contributed by atoms with van der Waals surface area (Å²) in [4.78, 5) is 19.0. The standard InChI is InChI=1S/C28H33N3O3S2/c1-18-2-4-19(5-3-18)12-23(30-17-29)13-21-8-11-26-24(14-21)28(36(33,34)31-16-20-6-7-20)27(35-26)15-25(32)22-9-10-22/h2-5,20-22,31H,6-16H2,1H3. The normalized spacial score (nSPS) is 20.1. The van der Waals surface area contributed by atoms with Crippen molar-refractivity contribution < 1.29 is 13.2 Å². The number of nitrogens with zero attached hydrogens (tertiary/aromatic N) is 2. The lowest BCUT2D eigenvalue weighted by Gasteiger charge is -2.24. The van der Waals surface area contributed by atoms with Crippen LogP contribution < -0.4 is 4.72 Å². The molecule has 3 aliphatic rings. The predicted molar refractivity (Wildman–Crippen MR) is 142 cm³/mol. The first-order chi connectivity index (χ1) is 17.3. The summed E-state index contributed by atoms with van der Waals surface area (Å²) in [7, 11) is -3.68. The van der Waals surface area contributed by atoms with Crippen molar-refractivity contribution in [3.63, 3.8) is 0 Å². The monoisotopic (exact) mass is 523 g/mol. The topological polar surface area (TPSA) is 99.4 Å². The van der Waals surface area contributed by atoms with Gasteiger partial charge in [-0.3, -0.25) is 4.79 Å². The summed E-state index contributed by atoms with van der Waals surface area (Å²) in [6.45, 7) is 2.52. The van der Waals surface area contributed by atoms with Crippen LogP contribution in [0.4, 0.5) is 0 Å². The van der Waals surface area contributed by atoms with E-state index in [1.165, 1.54) is 16.9 Å². The van der Waals surface area contributed by atoms with Gasteiger partial charge in [0.25, 0.3) is 0 Å². The quantitative estimate of drug-likeness (QED) is 0.334. The fraction of sp³-hybridized carbons (Fsp3) is 0.536. The number of Topliss-reactive ketones (excluding diaryl/α,β-unsaturated/α-hetero) is 1. The summed E-state index contributed by atoms with van der Waals surface area (Å²) < 4.78 is 29.9. The third-order valence-electron chi connectivity index (χ3n) is 7.54. The maximum absolute atomic E-state index is 13.5. The molecule has 36 heavy (non-hydrogen) atoms. The second kappa shape index (κ2) is 10.6. The number of nitriles is 1. The summed E-state index contributed by atoms with van der Waals surface area (Å²) in [6.07, 6.45) is 9.84. The van der Waals surface area contributed by atoms with Crippen LogP contribution in [0.25, 0.3) is 0 Å². The molecule has 6 nitrogen and oxygen atoms in total. The van der Waals surface area contributed by atoms with Crippen LogP contribution in [0.5, 0.6) is 0 Å². The molecule has 2 saturated carbocycles. The summed E-state index contributed by atoms with van der Waals surface area (Å²) in [5.74, 6) is 0.933. The summed E-state index contributed by atoms with van der Waals surface area (Å²) in [5.41, 5.74) is 4.04. The van der Waals surface area contributed by atoms with Crippen LogP contribution in [0.3, 0.4) is 0 Å². The highest BCUT2D eigenvalue weighted by atomic mass is 32.2. The zero-order valence-electron chi connectivity index (χ0n) is 20.8. The average Bonchev–Trinajstić information content (AvgIpc) is 3.76. The highest BCUT2D eigenvalue weighted by Gasteiger charge is 2.36. The summed E-state index contributed by atoms with van der Waals surface area (Å²) in [5, 5.41) is 9.29. The van der Waals surface area contributed by atoms with E-state index < -0.39 is 10.0 Å². The average molecular weight is 524 g/mol. The van der Waals surface area contributed by atoms with E-state index in [1.807, 2.05) is 13.1 Å². The molecule has 8 heteroatoms. The van der Waals surface area contributed by atoms with Crippen molar-refractivity contribution in [3.8, 4) is 6.19 Å².